The fraction of sp³-hybridized carbons (Fsp3) is 0.158. The van der Waals surface area contributed by atoms with Crippen molar-refractivity contribution < 1.29 is 4.42 Å². The Labute approximate surface area is 155 Å². The lowest BCUT2D eigenvalue weighted by Crippen LogP contribution is -1.89. The zero-order chi connectivity index (χ0) is 17.9. The van der Waals surface area contributed by atoms with Gasteiger partial charge in [-0.05, 0) is 26.0 Å². The first kappa shape index (κ1) is 16.5. The van der Waals surface area contributed by atoms with Gasteiger partial charge in [-0.3, -0.25) is 5.10 Å². The van der Waals surface area contributed by atoms with Crippen molar-refractivity contribution in [2.24, 2.45) is 0 Å². The summed E-state index contributed by atoms with van der Waals surface area (Å²) in [6.45, 7) is 4.05. The van der Waals surface area contributed by atoms with Crippen LogP contribution in [0.25, 0.3) is 22.8 Å². The standard InChI is InChI=1S/C19H17N5OS/c1-12-8-10-14(11-9-12)16-20-19(24-21-16)26-13(2)17-22-23-18(25-17)15-6-4-3-5-7-15/h3-11,13H,1-2H3,(H,20,21,24). The first-order chi connectivity index (χ1) is 12.7. The lowest BCUT2D eigenvalue weighted by atomic mass is 10.1. The molecule has 0 fully saturated rings. The fourth-order valence-electron chi connectivity index (χ4n) is 2.44. The van der Waals surface area contributed by atoms with Crippen molar-refractivity contribution in [3.63, 3.8) is 0 Å². The molecule has 0 bridgehead atoms. The molecule has 4 rings (SSSR count). The van der Waals surface area contributed by atoms with Crippen LogP contribution in [-0.4, -0.2) is 25.4 Å². The number of benzene rings is 2. The van der Waals surface area contributed by atoms with E-state index >= 15 is 0 Å². The molecule has 0 saturated heterocycles. The molecule has 0 amide bonds. The topological polar surface area (TPSA) is 80.5 Å². The van der Waals surface area contributed by atoms with Crippen molar-refractivity contribution in [1.82, 2.24) is 25.4 Å². The van der Waals surface area contributed by atoms with E-state index in [0.717, 1.165) is 17.0 Å². The van der Waals surface area contributed by atoms with Gasteiger partial charge in [0.2, 0.25) is 16.9 Å². The van der Waals surface area contributed by atoms with Crippen LogP contribution in [0.1, 0.15) is 23.6 Å². The van der Waals surface area contributed by atoms with Crippen molar-refractivity contribution in [3.05, 3.63) is 66.1 Å². The van der Waals surface area contributed by atoms with Crippen LogP contribution < -0.4 is 0 Å². The highest BCUT2D eigenvalue weighted by molar-refractivity contribution is 7.99. The maximum atomic E-state index is 5.80. The van der Waals surface area contributed by atoms with Crippen molar-refractivity contribution in [3.8, 4) is 22.8 Å². The number of hydrogen-bond acceptors (Lipinski definition) is 6. The number of aromatic nitrogens is 5. The monoisotopic (exact) mass is 363 g/mol. The first-order valence-electron chi connectivity index (χ1n) is 8.24. The Balaban J connectivity index is 1.48. The Morgan fingerprint density at radius 1 is 0.962 bits per heavy atom. The molecule has 0 aliphatic heterocycles. The van der Waals surface area contributed by atoms with Crippen LogP contribution in [0.15, 0.2) is 64.2 Å². The summed E-state index contributed by atoms with van der Waals surface area (Å²) in [6.07, 6.45) is 0. The maximum Gasteiger partial charge on any atom is 0.247 e. The molecule has 7 heteroatoms. The van der Waals surface area contributed by atoms with Gasteiger partial charge in [0.05, 0.1) is 5.25 Å². The van der Waals surface area contributed by atoms with Crippen LogP contribution in [0.5, 0.6) is 0 Å². The van der Waals surface area contributed by atoms with E-state index in [0.29, 0.717) is 16.9 Å². The number of nitrogens with zero attached hydrogens (tertiary/aromatic N) is 4. The molecule has 0 spiro atoms. The van der Waals surface area contributed by atoms with E-state index in [9.17, 15) is 0 Å². The molecule has 1 unspecified atom stereocenters. The van der Waals surface area contributed by atoms with Gasteiger partial charge >= 0.3 is 0 Å². The third kappa shape index (κ3) is 3.52. The van der Waals surface area contributed by atoms with Gasteiger partial charge in [-0.1, -0.05) is 59.8 Å². The van der Waals surface area contributed by atoms with Crippen LogP contribution >= 0.6 is 11.8 Å². The lowest BCUT2D eigenvalue weighted by Gasteiger charge is -2.02. The quantitative estimate of drug-likeness (QED) is 0.518. The third-order valence-electron chi connectivity index (χ3n) is 3.88. The van der Waals surface area contributed by atoms with E-state index < -0.39 is 0 Å². The van der Waals surface area contributed by atoms with Crippen molar-refractivity contribution >= 4 is 11.8 Å². The average Bonchev–Trinajstić information content (AvgIpc) is 3.33. The molecule has 4 aromatic rings. The van der Waals surface area contributed by atoms with Gasteiger partial charge in [0.1, 0.15) is 0 Å². The highest BCUT2D eigenvalue weighted by Gasteiger charge is 2.18. The van der Waals surface area contributed by atoms with Crippen LogP contribution in [0.3, 0.4) is 0 Å². The number of rotatable bonds is 5. The predicted octanol–water partition coefficient (Wildman–Crippen LogP) is 4.68. The van der Waals surface area contributed by atoms with E-state index in [2.05, 4.69) is 44.4 Å². The van der Waals surface area contributed by atoms with Crippen LogP contribution in [0, 0.1) is 6.92 Å². The molecule has 2 aromatic carbocycles. The van der Waals surface area contributed by atoms with Gasteiger partial charge in [-0.2, -0.15) is 0 Å². The number of thioether (sulfide) groups is 1. The minimum atomic E-state index is -0.0540. The number of nitrogens with one attached hydrogen (secondary N) is 1. The molecule has 1 atom stereocenters. The molecule has 2 heterocycles. The first-order valence-corrected chi connectivity index (χ1v) is 9.12. The van der Waals surface area contributed by atoms with Gasteiger partial charge in [0.25, 0.3) is 0 Å². The molecule has 2 aromatic heterocycles. The summed E-state index contributed by atoms with van der Waals surface area (Å²) in [5.41, 5.74) is 3.12. The molecule has 0 aliphatic rings. The van der Waals surface area contributed by atoms with E-state index in [1.165, 1.54) is 17.3 Å². The van der Waals surface area contributed by atoms with Crippen LogP contribution in [0.2, 0.25) is 0 Å². The second-order valence-electron chi connectivity index (χ2n) is 5.90. The Morgan fingerprint density at radius 3 is 2.50 bits per heavy atom. The molecule has 0 aliphatic carbocycles. The van der Waals surface area contributed by atoms with Gasteiger partial charge in [-0.15, -0.1) is 15.3 Å². The van der Waals surface area contributed by atoms with Crippen LogP contribution in [0.4, 0.5) is 0 Å². The summed E-state index contributed by atoms with van der Waals surface area (Å²) >= 11 is 1.47. The third-order valence-corrected chi connectivity index (χ3v) is 4.83. The summed E-state index contributed by atoms with van der Waals surface area (Å²) in [5, 5.41) is 16.1. The van der Waals surface area contributed by atoms with Gasteiger partial charge in [0.15, 0.2) is 5.82 Å². The Bertz CT molecular complexity index is 994. The fourth-order valence-corrected chi connectivity index (χ4v) is 3.20. The SMILES string of the molecule is Cc1ccc(-c2nc(SC(C)c3nnc(-c4ccccc4)o3)n[nH]2)cc1. The number of aromatic amines is 1. The molecular weight excluding hydrogens is 346 g/mol. The summed E-state index contributed by atoms with van der Waals surface area (Å²) < 4.78 is 5.80. The zero-order valence-electron chi connectivity index (χ0n) is 14.4. The molecular formula is C19H17N5OS. The zero-order valence-corrected chi connectivity index (χ0v) is 15.2. The minimum absolute atomic E-state index is 0.0540. The Hall–Kier alpha value is -2.93. The van der Waals surface area contributed by atoms with E-state index in [1.807, 2.05) is 49.4 Å². The summed E-state index contributed by atoms with van der Waals surface area (Å²) in [5.74, 6) is 1.81. The number of H-pyrrole nitrogens is 1. The molecule has 0 saturated carbocycles. The van der Waals surface area contributed by atoms with Gasteiger partial charge < -0.3 is 4.42 Å². The van der Waals surface area contributed by atoms with Crippen molar-refractivity contribution in [2.75, 3.05) is 0 Å². The van der Waals surface area contributed by atoms with E-state index in [-0.39, 0.29) is 5.25 Å². The van der Waals surface area contributed by atoms with Crippen LogP contribution in [-0.2, 0) is 0 Å². The maximum absolute atomic E-state index is 5.80. The highest BCUT2D eigenvalue weighted by Crippen LogP contribution is 2.33. The Kier molecular flexibility index (Phi) is 4.53. The summed E-state index contributed by atoms with van der Waals surface area (Å²) in [6, 6.07) is 17.9. The molecule has 130 valence electrons. The average molecular weight is 363 g/mol. The van der Waals surface area contributed by atoms with E-state index in [4.69, 9.17) is 4.42 Å². The smallest absolute Gasteiger partial charge is 0.247 e. The molecule has 1 N–H and O–H groups in total. The molecule has 0 radical (unpaired) electrons. The largest absolute Gasteiger partial charge is 0.419 e. The number of hydrogen-bond donors (Lipinski definition) is 1. The van der Waals surface area contributed by atoms with Crippen molar-refractivity contribution in [2.45, 2.75) is 24.3 Å². The second-order valence-corrected chi connectivity index (χ2v) is 7.21. The van der Waals surface area contributed by atoms with Crippen molar-refractivity contribution in [1.29, 1.82) is 0 Å². The highest BCUT2D eigenvalue weighted by atomic mass is 32.2. The molecule has 26 heavy (non-hydrogen) atoms. The minimum Gasteiger partial charge on any atom is -0.419 e. The van der Waals surface area contributed by atoms with E-state index in [1.54, 1.807) is 0 Å². The molecule has 6 nitrogen and oxygen atoms in total. The normalized spacial score (nSPS) is 12.2. The predicted molar refractivity (Wildman–Crippen MR) is 101 cm³/mol. The Morgan fingerprint density at radius 2 is 1.73 bits per heavy atom. The second kappa shape index (κ2) is 7.13. The summed E-state index contributed by atoms with van der Waals surface area (Å²) in [7, 11) is 0. The lowest BCUT2D eigenvalue weighted by molar-refractivity contribution is 0.509. The van der Waals surface area contributed by atoms with Gasteiger partial charge in [-0.25, -0.2) is 4.98 Å². The number of aryl methyl sites for hydroxylation is 1. The summed E-state index contributed by atoms with van der Waals surface area (Å²) in [4.78, 5) is 4.55. The van der Waals surface area contributed by atoms with Gasteiger partial charge in [0, 0.05) is 11.1 Å².